The van der Waals surface area contributed by atoms with E-state index in [9.17, 15) is 4.79 Å². The Morgan fingerprint density at radius 2 is 1.94 bits per heavy atom. The van der Waals surface area contributed by atoms with Crippen molar-refractivity contribution < 1.29 is 9.63 Å². The average Bonchev–Trinajstić information content (AvgIpc) is 2.28. The SMILES string of the molecule is CC(=NOC(=O)c1ccc(Cl)c(Cl)c1)C(Cl)Cl. The van der Waals surface area contributed by atoms with Gasteiger partial charge in [-0.05, 0) is 25.1 Å². The number of halogens is 4. The van der Waals surface area contributed by atoms with Crippen molar-refractivity contribution in [1.82, 2.24) is 0 Å². The van der Waals surface area contributed by atoms with E-state index in [0.29, 0.717) is 5.02 Å². The van der Waals surface area contributed by atoms with Crippen LogP contribution in [-0.4, -0.2) is 16.5 Å². The predicted molar refractivity (Wildman–Crippen MR) is 70.5 cm³/mol. The Balaban J connectivity index is 2.77. The molecule has 0 radical (unpaired) electrons. The van der Waals surface area contributed by atoms with Gasteiger partial charge < -0.3 is 4.84 Å². The van der Waals surface area contributed by atoms with Crippen molar-refractivity contribution >= 4 is 58.1 Å². The zero-order valence-corrected chi connectivity index (χ0v) is 11.6. The van der Waals surface area contributed by atoms with E-state index in [1.165, 1.54) is 25.1 Å². The topological polar surface area (TPSA) is 38.7 Å². The quantitative estimate of drug-likeness (QED) is 0.360. The van der Waals surface area contributed by atoms with E-state index in [2.05, 4.69) is 9.99 Å². The van der Waals surface area contributed by atoms with Gasteiger partial charge in [0.1, 0.15) is 4.84 Å². The Morgan fingerprint density at radius 3 is 2.47 bits per heavy atom. The molecule has 17 heavy (non-hydrogen) atoms. The highest BCUT2D eigenvalue weighted by Gasteiger charge is 2.11. The molecule has 0 bridgehead atoms. The van der Waals surface area contributed by atoms with E-state index in [1.54, 1.807) is 0 Å². The Hall–Kier alpha value is -0.480. The van der Waals surface area contributed by atoms with Gasteiger partial charge in [0.2, 0.25) is 0 Å². The van der Waals surface area contributed by atoms with Crippen molar-refractivity contribution in [3.63, 3.8) is 0 Å². The first kappa shape index (κ1) is 14.6. The Kier molecular flexibility index (Phi) is 5.53. The maximum atomic E-state index is 11.5. The van der Waals surface area contributed by atoms with E-state index < -0.39 is 10.8 Å². The van der Waals surface area contributed by atoms with Crippen LogP contribution >= 0.6 is 46.4 Å². The molecular formula is C10H7Cl4NO2. The van der Waals surface area contributed by atoms with Gasteiger partial charge in [0.05, 0.1) is 21.3 Å². The molecule has 0 heterocycles. The molecule has 0 aliphatic carbocycles. The van der Waals surface area contributed by atoms with Gasteiger partial charge in [-0.15, -0.1) is 0 Å². The van der Waals surface area contributed by atoms with Gasteiger partial charge in [-0.3, -0.25) is 0 Å². The molecule has 0 N–H and O–H groups in total. The number of benzene rings is 1. The number of rotatable bonds is 3. The highest BCUT2D eigenvalue weighted by Crippen LogP contribution is 2.22. The van der Waals surface area contributed by atoms with Gasteiger partial charge in [0.15, 0.2) is 0 Å². The van der Waals surface area contributed by atoms with Crippen molar-refractivity contribution in [3.8, 4) is 0 Å². The maximum absolute atomic E-state index is 11.5. The fourth-order valence-electron chi connectivity index (χ4n) is 0.829. The largest absolute Gasteiger partial charge is 0.365 e. The van der Waals surface area contributed by atoms with Gasteiger partial charge in [0, 0.05) is 0 Å². The molecule has 92 valence electrons. The van der Waals surface area contributed by atoms with Crippen LogP contribution < -0.4 is 0 Å². The van der Waals surface area contributed by atoms with Crippen LogP contribution in [0.25, 0.3) is 0 Å². The molecule has 1 rings (SSSR count). The third-order valence-electron chi connectivity index (χ3n) is 1.74. The Labute approximate surface area is 118 Å². The van der Waals surface area contributed by atoms with Crippen LogP contribution in [0.15, 0.2) is 23.4 Å². The van der Waals surface area contributed by atoms with Gasteiger partial charge in [0.25, 0.3) is 0 Å². The molecule has 0 saturated carbocycles. The lowest BCUT2D eigenvalue weighted by Crippen LogP contribution is -2.07. The zero-order valence-electron chi connectivity index (χ0n) is 8.58. The van der Waals surface area contributed by atoms with Crippen LogP contribution in [0.4, 0.5) is 0 Å². The van der Waals surface area contributed by atoms with Gasteiger partial charge in [-0.25, -0.2) is 4.79 Å². The average molecular weight is 315 g/mol. The van der Waals surface area contributed by atoms with Crippen LogP contribution in [0.5, 0.6) is 0 Å². The summed E-state index contributed by atoms with van der Waals surface area (Å²) in [6, 6.07) is 4.35. The summed E-state index contributed by atoms with van der Waals surface area (Å²) in [5.74, 6) is -0.670. The fourth-order valence-corrected chi connectivity index (χ4v) is 1.21. The molecule has 0 aliphatic heterocycles. The standard InChI is InChI=1S/C10H7Cl4NO2/c1-5(9(13)14)15-17-10(16)6-2-3-7(11)8(12)4-6/h2-4,9H,1H3. The molecule has 0 saturated heterocycles. The second kappa shape index (κ2) is 6.45. The van der Waals surface area contributed by atoms with Crippen LogP contribution in [0.3, 0.4) is 0 Å². The van der Waals surface area contributed by atoms with Crippen LogP contribution in [0.2, 0.25) is 10.0 Å². The van der Waals surface area contributed by atoms with Gasteiger partial charge in [-0.1, -0.05) is 51.6 Å². The lowest BCUT2D eigenvalue weighted by Gasteiger charge is -2.02. The number of carbonyl (C=O) groups excluding carboxylic acids is 1. The molecule has 0 fully saturated rings. The van der Waals surface area contributed by atoms with Gasteiger partial charge in [-0.2, -0.15) is 0 Å². The summed E-state index contributed by atoms with van der Waals surface area (Å²) in [4.78, 5) is 15.3. The number of carbonyl (C=O) groups is 1. The van der Waals surface area contributed by atoms with Crippen LogP contribution in [0, 0.1) is 0 Å². The highest BCUT2D eigenvalue weighted by atomic mass is 35.5. The Bertz CT molecular complexity index is 460. The van der Waals surface area contributed by atoms with Crippen molar-refractivity contribution in [2.45, 2.75) is 11.8 Å². The Morgan fingerprint density at radius 1 is 1.29 bits per heavy atom. The second-order valence-corrected chi connectivity index (χ2v) is 4.95. The van der Waals surface area contributed by atoms with Crippen LogP contribution in [-0.2, 0) is 4.84 Å². The lowest BCUT2D eigenvalue weighted by atomic mass is 10.2. The predicted octanol–water partition coefficient (Wildman–Crippen LogP) is 4.33. The van der Waals surface area contributed by atoms with E-state index in [0.717, 1.165) is 0 Å². The number of hydrogen-bond donors (Lipinski definition) is 0. The van der Waals surface area contributed by atoms with E-state index in [4.69, 9.17) is 46.4 Å². The zero-order chi connectivity index (χ0) is 13.0. The number of oxime groups is 1. The molecule has 0 amide bonds. The summed E-state index contributed by atoms with van der Waals surface area (Å²) in [6.07, 6.45) is 0. The molecule has 0 spiro atoms. The first-order chi connectivity index (χ1) is 7.91. The second-order valence-electron chi connectivity index (χ2n) is 3.04. The first-order valence-electron chi connectivity index (χ1n) is 4.41. The van der Waals surface area contributed by atoms with Crippen molar-refractivity contribution in [2.24, 2.45) is 5.16 Å². The summed E-state index contributed by atoms with van der Waals surface area (Å²) in [6.45, 7) is 1.53. The molecule has 0 unspecified atom stereocenters. The third kappa shape index (κ3) is 4.36. The summed E-state index contributed by atoms with van der Waals surface area (Å²) in [5.41, 5.74) is 0.512. The lowest BCUT2D eigenvalue weighted by molar-refractivity contribution is 0.0515. The normalized spacial score (nSPS) is 11.8. The summed E-state index contributed by atoms with van der Waals surface area (Å²) in [7, 11) is 0. The molecule has 7 heteroatoms. The van der Waals surface area contributed by atoms with E-state index in [-0.39, 0.29) is 16.3 Å². The molecular weight excluding hydrogens is 308 g/mol. The molecule has 0 aromatic heterocycles. The van der Waals surface area contributed by atoms with Crippen molar-refractivity contribution in [2.75, 3.05) is 0 Å². The van der Waals surface area contributed by atoms with E-state index in [1.807, 2.05) is 0 Å². The van der Waals surface area contributed by atoms with Crippen molar-refractivity contribution in [3.05, 3.63) is 33.8 Å². The first-order valence-corrected chi connectivity index (χ1v) is 6.03. The maximum Gasteiger partial charge on any atom is 0.365 e. The number of alkyl halides is 2. The number of nitrogens with zero attached hydrogens (tertiary/aromatic N) is 1. The van der Waals surface area contributed by atoms with Gasteiger partial charge >= 0.3 is 5.97 Å². The fraction of sp³-hybridized carbons (Fsp3) is 0.200. The summed E-state index contributed by atoms with van der Waals surface area (Å²) in [5, 5.41) is 4.09. The van der Waals surface area contributed by atoms with E-state index >= 15 is 0 Å². The van der Waals surface area contributed by atoms with Crippen molar-refractivity contribution in [1.29, 1.82) is 0 Å². The molecule has 1 aromatic carbocycles. The summed E-state index contributed by atoms with van der Waals surface area (Å²) < 4.78 is 0. The smallest absolute Gasteiger partial charge is 0.313 e. The molecule has 3 nitrogen and oxygen atoms in total. The minimum absolute atomic E-state index is 0.233. The highest BCUT2D eigenvalue weighted by molar-refractivity contribution is 6.54. The minimum Gasteiger partial charge on any atom is -0.313 e. The minimum atomic E-state index is -0.823. The number of hydrogen-bond acceptors (Lipinski definition) is 3. The summed E-state index contributed by atoms with van der Waals surface area (Å²) >= 11 is 22.5. The molecule has 0 atom stereocenters. The molecule has 1 aromatic rings. The monoisotopic (exact) mass is 313 g/mol. The third-order valence-corrected chi connectivity index (χ3v) is 3.11. The molecule has 0 aliphatic rings. The van der Waals surface area contributed by atoms with Crippen LogP contribution in [0.1, 0.15) is 17.3 Å².